The van der Waals surface area contributed by atoms with Gasteiger partial charge in [0.25, 0.3) is 0 Å². The number of aliphatic hydroxyl groups is 1. The summed E-state index contributed by atoms with van der Waals surface area (Å²) in [5.41, 5.74) is 0.571. The molecule has 0 radical (unpaired) electrons. The Morgan fingerprint density at radius 1 is 1.19 bits per heavy atom. The number of rotatable bonds is 5. The minimum Gasteiger partial charge on any atom is -0.507 e. The van der Waals surface area contributed by atoms with Crippen LogP contribution in [0.3, 0.4) is 0 Å². The largest absolute Gasteiger partial charge is 0.507 e. The van der Waals surface area contributed by atoms with Gasteiger partial charge in [0.1, 0.15) is 17.1 Å². The molecule has 1 aliphatic carbocycles. The standard InChI is InChI=1S/C26H33ClO5/c1-14(2)32-24(31)21-15(3)18(26(7,8)23(22(21)30)25(4,5)6)11-12-19(28)17-10-9-16(27)13-20(17)29/h9-14,18,29-30H,1-8H3. The highest BCUT2D eigenvalue weighted by Gasteiger charge is 2.46. The molecule has 1 aromatic rings. The fraction of sp³-hybridized carbons (Fsp3) is 0.462. The number of ether oxygens (including phenoxy) is 1. The maximum atomic E-state index is 12.9. The fourth-order valence-corrected chi connectivity index (χ4v) is 4.86. The Balaban J connectivity index is 2.61. The molecular weight excluding hydrogens is 428 g/mol. The average molecular weight is 461 g/mol. The van der Waals surface area contributed by atoms with Crippen molar-refractivity contribution in [3.05, 3.63) is 63.4 Å². The van der Waals surface area contributed by atoms with E-state index in [0.29, 0.717) is 16.2 Å². The van der Waals surface area contributed by atoms with E-state index < -0.39 is 16.8 Å². The summed E-state index contributed by atoms with van der Waals surface area (Å²) in [7, 11) is 0. The van der Waals surface area contributed by atoms with Crippen molar-refractivity contribution in [2.45, 2.75) is 61.5 Å². The van der Waals surface area contributed by atoms with Crippen molar-refractivity contribution in [3.8, 4) is 5.75 Å². The maximum Gasteiger partial charge on any atom is 0.342 e. The number of hydrogen-bond donors (Lipinski definition) is 2. The molecule has 174 valence electrons. The summed E-state index contributed by atoms with van der Waals surface area (Å²) in [6, 6.07) is 4.32. The summed E-state index contributed by atoms with van der Waals surface area (Å²) in [4.78, 5) is 25.7. The minimum absolute atomic E-state index is 0.0584. The first-order valence-electron chi connectivity index (χ1n) is 10.7. The van der Waals surface area contributed by atoms with Crippen LogP contribution in [-0.2, 0) is 9.53 Å². The molecule has 2 rings (SSSR count). The second kappa shape index (κ2) is 9.14. The highest BCUT2D eigenvalue weighted by atomic mass is 35.5. The van der Waals surface area contributed by atoms with E-state index >= 15 is 0 Å². The van der Waals surface area contributed by atoms with Crippen LogP contribution < -0.4 is 0 Å². The van der Waals surface area contributed by atoms with Gasteiger partial charge in [0, 0.05) is 16.4 Å². The molecule has 0 aromatic heterocycles. The summed E-state index contributed by atoms with van der Waals surface area (Å²) < 4.78 is 5.40. The number of allylic oxidation sites excluding steroid dienone is 4. The van der Waals surface area contributed by atoms with Crippen LogP contribution in [0.25, 0.3) is 0 Å². The molecule has 0 heterocycles. The number of halogens is 1. The summed E-state index contributed by atoms with van der Waals surface area (Å²) >= 11 is 5.86. The molecule has 1 unspecified atom stereocenters. The van der Waals surface area contributed by atoms with Crippen molar-refractivity contribution in [3.63, 3.8) is 0 Å². The molecular formula is C26H33ClO5. The molecule has 0 saturated heterocycles. The predicted molar refractivity (Wildman–Crippen MR) is 127 cm³/mol. The van der Waals surface area contributed by atoms with Crippen LogP contribution in [0.1, 0.15) is 65.7 Å². The van der Waals surface area contributed by atoms with Gasteiger partial charge in [0.2, 0.25) is 0 Å². The van der Waals surface area contributed by atoms with Crippen LogP contribution in [0.5, 0.6) is 5.75 Å². The van der Waals surface area contributed by atoms with Crippen LogP contribution in [0.15, 0.2) is 52.8 Å². The lowest BCUT2D eigenvalue weighted by Crippen LogP contribution is -2.38. The van der Waals surface area contributed by atoms with E-state index in [-0.39, 0.29) is 40.5 Å². The summed E-state index contributed by atoms with van der Waals surface area (Å²) in [5, 5.41) is 21.6. The molecule has 6 heteroatoms. The van der Waals surface area contributed by atoms with E-state index in [4.69, 9.17) is 16.3 Å². The van der Waals surface area contributed by atoms with Crippen molar-refractivity contribution >= 4 is 23.4 Å². The lowest BCUT2D eigenvalue weighted by Gasteiger charge is -2.45. The molecule has 1 aliphatic rings. The summed E-state index contributed by atoms with van der Waals surface area (Å²) in [5.74, 6) is -1.59. The molecule has 5 nitrogen and oxygen atoms in total. The van der Waals surface area contributed by atoms with Crippen molar-refractivity contribution in [2.75, 3.05) is 0 Å². The number of benzene rings is 1. The molecule has 1 aromatic carbocycles. The van der Waals surface area contributed by atoms with Gasteiger partial charge in [-0.25, -0.2) is 4.79 Å². The van der Waals surface area contributed by atoms with Crippen molar-refractivity contribution < 1.29 is 24.5 Å². The topological polar surface area (TPSA) is 83.8 Å². The number of aliphatic hydroxyl groups excluding tert-OH is 1. The first-order valence-corrected chi connectivity index (χ1v) is 11.0. The Hall–Kier alpha value is -2.53. The zero-order valence-electron chi connectivity index (χ0n) is 20.0. The van der Waals surface area contributed by atoms with Crippen LogP contribution >= 0.6 is 11.6 Å². The Morgan fingerprint density at radius 2 is 1.78 bits per heavy atom. The monoisotopic (exact) mass is 460 g/mol. The molecule has 0 bridgehead atoms. The Labute approximate surface area is 195 Å². The van der Waals surface area contributed by atoms with E-state index in [1.54, 1.807) is 26.8 Å². The third-order valence-corrected chi connectivity index (χ3v) is 5.95. The first-order chi connectivity index (χ1) is 14.6. The van der Waals surface area contributed by atoms with Crippen molar-refractivity contribution in [2.24, 2.45) is 16.7 Å². The van der Waals surface area contributed by atoms with Gasteiger partial charge in [-0.1, -0.05) is 52.3 Å². The summed E-state index contributed by atoms with van der Waals surface area (Å²) in [6.07, 6.45) is 2.78. The van der Waals surface area contributed by atoms with Gasteiger partial charge in [-0.15, -0.1) is 0 Å². The van der Waals surface area contributed by atoms with Gasteiger partial charge in [-0.05, 0) is 61.6 Å². The molecule has 0 amide bonds. The number of hydrogen-bond acceptors (Lipinski definition) is 5. The smallest absolute Gasteiger partial charge is 0.342 e. The van der Waals surface area contributed by atoms with Gasteiger partial charge < -0.3 is 14.9 Å². The Kier molecular flexibility index (Phi) is 7.35. The Bertz CT molecular complexity index is 1020. The van der Waals surface area contributed by atoms with E-state index in [1.165, 1.54) is 24.3 Å². The lowest BCUT2D eigenvalue weighted by atomic mass is 9.58. The second-order valence-corrected chi connectivity index (χ2v) is 10.5. The highest BCUT2D eigenvalue weighted by molar-refractivity contribution is 6.31. The molecule has 0 aliphatic heterocycles. The second-order valence-electron chi connectivity index (χ2n) is 10.1. The first kappa shape index (κ1) is 25.7. The SMILES string of the molecule is CC1=C(C(=O)OC(C)C)C(O)=C(C(C)(C)C)C(C)(C)C1C=CC(=O)c1ccc(Cl)cc1O. The van der Waals surface area contributed by atoms with Gasteiger partial charge in [0.05, 0.1) is 11.7 Å². The quantitative estimate of drug-likeness (QED) is 0.295. The molecule has 1 atom stereocenters. The van der Waals surface area contributed by atoms with Crippen molar-refractivity contribution in [1.29, 1.82) is 0 Å². The fourth-order valence-electron chi connectivity index (χ4n) is 4.69. The average Bonchev–Trinajstić information content (AvgIpc) is 2.58. The normalized spacial score (nSPS) is 19.1. The van der Waals surface area contributed by atoms with Gasteiger partial charge in [0.15, 0.2) is 5.78 Å². The molecule has 0 saturated carbocycles. The maximum absolute atomic E-state index is 12.9. The summed E-state index contributed by atoms with van der Waals surface area (Å²) in [6.45, 7) is 15.2. The van der Waals surface area contributed by atoms with Gasteiger partial charge >= 0.3 is 5.97 Å². The molecule has 0 spiro atoms. The number of aromatic hydroxyl groups is 1. The van der Waals surface area contributed by atoms with Crippen LogP contribution in [0.2, 0.25) is 5.02 Å². The minimum atomic E-state index is -0.590. The zero-order chi connectivity index (χ0) is 24.6. The lowest BCUT2D eigenvalue weighted by molar-refractivity contribution is -0.142. The van der Waals surface area contributed by atoms with Crippen LogP contribution in [-0.4, -0.2) is 28.1 Å². The van der Waals surface area contributed by atoms with E-state index in [9.17, 15) is 19.8 Å². The number of carbonyl (C=O) groups is 2. The molecule has 32 heavy (non-hydrogen) atoms. The van der Waals surface area contributed by atoms with Crippen LogP contribution in [0, 0.1) is 16.7 Å². The van der Waals surface area contributed by atoms with Gasteiger partial charge in [-0.3, -0.25) is 4.79 Å². The third kappa shape index (κ3) is 5.09. The molecule has 2 N–H and O–H groups in total. The molecule has 0 fully saturated rings. The number of phenolic OH excluding ortho intramolecular Hbond substituents is 1. The van der Waals surface area contributed by atoms with E-state index in [2.05, 4.69) is 0 Å². The Morgan fingerprint density at radius 3 is 2.28 bits per heavy atom. The number of phenols is 1. The van der Waals surface area contributed by atoms with Gasteiger partial charge in [-0.2, -0.15) is 0 Å². The predicted octanol–water partition coefficient (Wildman–Crippen LogP) is 6.57. The number of esters is 1. The number of ketones is 1. The third-order valence-electron chi connectivity index (χ3n) is 5.72. The zero-order valence-corrected chi connectivity index (χ0v) is 20.8. The van der Waals surface area contributed by atoms with E-state index in [0.717, 1.165) is 0 Å². The highest BCUT2D eigenvalue weighted by Crippen LogP contribution is 2.53. The van der Waals surface area contributed by atoms with Crippen LogP contribution in [0.4, 0.5) is 0 Å². The van der Waals surface area contributed by atoms with Crippen molar-refractivity contribution in [1.82, 2.24) is 0 Å². The number of carbonyl (C=O) groups excluding carboxylic acids is 2. The van der Waals surface area contributed by atoms with E-state index in [1.807, 2.05) is 34.6 Å².